The maximum absolute atomic E-state index is 5.91. The van der Waals surface area contributed by atoms with Crippen LogP contribution < -0.4 is 4.74 Å². The highest BCUT2D eigenvalue weighted by molar-refractivity contribution is 5.49. The number of allylic oxidation sites excluding steroid dienone is 1. The minimum Gasteiger partial charge on any atom is -0.489 e. The molecule has 0 atom stereocenters. The van der Waals surface area contributed by atoms with Crippen LogP contribution in [-0.2, 0) is 13.0 Å². The smallest absolute Gasteiger partial charge is 0.119 e. The van der Waals surface area contributed by atoms with E-state index in [1.807, 2.05) is 0 Å². The first-order valence-corrected chi connectivity index (χ1v) is 9.79. The molecular formula is C24H32O. The SMILES string of the molecule is CCC/C=C/c1ccc(COc2ccc(CCCCCC)cc2)cc1. The quantitative estimate of drug-likeness (QED) is 0.394. The van der Waals surface area contributed by atoms with Crippen LogP contribution in [0.5, 0.6) is 5.75 Å². The van der Waals surface area contributed by atoms with Crippen molar-refractivity contribution in [3.05, 3.63) is 71.3 Å². The Morgan fingerprint density at radius 2 is 1.48 bits per heavy atom. The van der Waals surface area contributed by atoms with Crippen LogP contribution in [0.2, 0.25) is 0 Å². The fourth-order valence-corrected chi connectivity index (χ4v) is 2.79. The third-order valence-corrected chi connectivity index (χ3v) is 4.39. The van der Waals surface area contributed by atoms with E-state index >= 15 is 0 Å². The van der Waals surface area contributed by atoms with E-state index in [-0.39, 0.29) is 0 Å². The zero-order chi connectivity index (χ0) is 17.7. The van der Waals surface area contributed by atoms with Gasteiger partial charge in [0.15, 0.2) is 0 Å². The zero-order valence-corrected chi connectivity index (χ0v) is 15.8. The number of hydrogen-bond donors (Lipinski definition) is 0. The first kappa shape index (κ1) is 19.3. The van der Waals surface area contributed by atoms with Crippen molar-refractivity contribution >= 4 is 6.08 Å². The molecule has 0 N–H and O–H groups in total. The van der Waals surface area contributed by atoms with Crippen molar-refractivity contribution in [1.82, 2.24) is 0 Å². The van der Waals surface area contributed by atoms with E-state index in [1.54, 1.807) is 0 Å². The number of ether oxygens (including phenoxy) is 1. The zero-order valence-electron chi connectivity index (χ0n) is 15.8. The van der Waals surface area contributed by atoms with Gasteiger partial charge in [0, 0.05) is 0 Å². The van der Waals surface area contributed by atoms with E-state index in [9.17, 15) is 0 Å². The Morgan fingerprint density at radius 3 is 2.16 bits per heavy atom. The van der Waals surface area contributed by atoms with Crippen molar-refractivity contribution in [2.24, 2.45) is 0 Å². The summed E-state index contributed by atoms with van der Waals surface area (Å²) in [6.07, 6.45) is 13.2. The molecular weight excluding hydrogens is 304 g/mol. The molecule has 0 saturated carbocycles. The number of hydrogen-bond acceptors (Lipinski definition) is 1. The lowest BCUT2D eigenvalue weighted by molar-refractivity contribution is 0.306. The topological polar surface area (TPSA) is 9.23 Å². The first-order chi connectivity index (χ1) is 12.3. The molecule has 1 nitrogen and oxygen atoms in total. The number of rotatable bonds is 11. The van der Waals surface area contributed by atoms with Crippen LogP contribution in [0.25, 0.3) is 6.08 Å². The van der Waals surface area contributed by atoms with E-state index in [4.69, 9.17) is 4.74 Å². The molecule has 0 spiro atoms. The van der Waals surface area contributed by atoms with Gasteiger partial charge in [-0.15, -0.1) is 0 Å². The van der Waals surface area contributed by atoms with Gasteiger partial charge in [0.2, 0.25) is 0 Å². The molecule has 0 aliphatic heterocycles. The van der Waals surface area contributed by atoms with Gasteiger partial charge in [-0.1, -0.05) is 88.1 Å². The molecule has 134 valence electrons. The molecule has 0 aliphatic carbocycles. The van der Waals surface area contributed by atoms with E-state index in [2.05, 4.69) is 74.5 Å². The lowest BCUT2D eigenvalue weighted by atomic mass is 10.1. The predicted molar refractivity (Wildman–Crippen MR) is 109 cm³/mol. The minimum absolute atomic E-state index is 0.620. The van der Waals surface area contributed by atoms with Crippen LogP contribution in [0, 0.1) is 0 Å². The van der Waals surface area contributed by atoms with Gasteiger partial charge >= 0.3 is 0 Å². The van der Waals surface area contributed by atoms with Gasteiger partial charge in [0.1, 0.15) is 12.4 Å². The Morgan fingerprint density at radius 1 is 0.760 bits per heavy atom. The van der Waals surface area contributed by atoms with Crippen molar-refractivity contribution in [3.8, 4) is 5.75 Å². The first-order valence-electron chi connectivity index (χ1n) is 9.79. The van der Waals surface area contributed by atoms with Crippen LogP contribution in [0.3, 0.4) is 0 Å². The summed E-state index contributed by atoms with van der Waals surface area (Å²) in [4.78, 5) is 0. The summed E-state index contributed by atoms with van der Waals surface area (Å²) in [5.41, 5.74) is 3.87. The van der Waals surface area contributed by atoms with Crippen LogP contribution in [0.4, 0.5) is 0 Å². The molecule has 0 aliphatic rings. The summed E-state index contributed by atoms with van der Waals surface area (Å²) in [6.45, 7) is 5.07. The lowest BCUT2D eigenvalue weighted by Crippen LogP contribution is -1.95. The Balaban J connectivity index is 1.77. The van der Waals surface area contributed by atoms with Crippen molar-refractivity contribution in [1.29, 1.82) is 0 Å². The van der Waals surface area contributed by atoms with Crippen molar-refractivity contribution in [2.75, 3.05) is 0 Å². The van der Waals surface area contributed by atoms with E-state index in [0.717, 1.165) is 12.2 Å². The molecule has 0 aromatic heterocycles. The van der Waals surface area contributed by atoms with Gasteiger partial charge in [0.05, 0.1) is 0 Å². The Labute approximate surface area is 153 Å². The normalized spacial score (nSPS) is 11.1. The minimum atomic E-state index is 0.620. The maximum Gasteiger partial charge on any atom is 0.119 e. The van der Waals surface area contributed by atoms with Gasteiger partial charge in [-0.2, -0.15) is 0 Å². The average molecular weight is 337 g/mol. The average Bonchev–Trinajstić information content (AvgIpc) is 2.66. The highest BCUT2D eigenvalue weighted by Gasteiger charge is 1.98. The Bertz CT molecular complexity index is 608. The molecule has 2 aromatic carbocycles. The number of aryl methyl sites for hydroxylation is 1. The fourth-order valence-electron chi connectivity index (χ4n) is 2.79. The Kier molecular flexibility index (Phi) is 8.90. The van der Waals surface area contributed by atoms with E-state index in [1.165, 1.54) is 55.2 Å². The molecule has 25 heavy (non-hydrogen) atoms. The van der Waals surface area contributed by atoms with Gasteiger partial charge in [-0.05, 0) is 48.1 Å². The largest absolute Gasteiger partial charge is 0.489 e. The predicted octanol–water partition coefficient (Wildman–Crippen LogP) is 7.20. The summed E-state index contributed by atoms with van der Waals surface area (Å²) in [5.74, 6) is 0.948. The molecule has 0 unspecified atom stereocenters. The molecule has 0 amide bonds. The third-order valence-electron chi connectivity index (χ3n) is 4.39. The maximum atomic E-state index is 5.91. The van der Waals surface area contributed by atoms with E-state index in [0.29, 0.717) is 6.61 Å². The number of benzene rings is 2. The summed E-state index contributed by atoms with van der Waals surface area (Å²) < 4.78 is 5.91. The standard InChI is InChI=1S/C24H32O/c1-3-5-7-9-11-22-16-18-24(19-17-22)25-20-23-14-12-21(13-15-23)10-8-6-4-2/h8,10,12-19H,3-7,9,11,20H2,1-2H3/b10-8+. The van der Waals surface area contributed by atoms with Crippen molar-refractivity contribution in [3.63, 3.8) is 0 Å². The van der Waals surface area contributed by atoms with Gasteiger partial charge in [0.25, 0.3) is 0 Å². The molecule has 0 fully saturated rings. The van der Waals surface area contributed by atoms with Crippen LogP contribution >= 0.6 is 0 Å². The van der Waals surface area contributed by atoms with Crippen LogP contribution in [0.15, 0.2) is 54.6 Å². The molecule has 2 aromatic rings. The lowest BCUT2D eigenvalue weighted by Gasteiger charge is -2.08. The Hall–Kier alpha value is -2.02. The van der Waals surface area contributed by atoms with Gasteiger partial charge in [-0.25, -0.2) is 0 Å². The highest BCUT2D eigenvalue weighted by atomic mass is 16.5. The van der Waals surface area contributed by atoms with Crippen LogP contribution in [0.1, 0.15) is 69.1 Å². The summed E-state index contributed by atoms with van der Waals surface area (Å²) in [7, 11) is 0. The second kappa shape index (κ2) is 11.5. The van der Waals surface area contributed by atoms with Crippen LogP contribution in [-0.4, -0.2) is 0 Å². The summed E-state index contributed by atoms with van der Waals surface area (Å²) >= 11 is 0. The second-order valence-corrected chi connectivity index (χ2v) is 6.68. The monoisotopic (exact) mass is 336 g/mol. The molecule has 2 rings (SSSR count). The van der Waals surface area contributed by atoms with Gasteiger partial charge < -0.3 is 4.74 Å². The molecule has 0 saturated heterocycles. The fraction of sp³-hybridized carbons (Fsp3) is 0.417. The molecule has 0 heterocycles. The second-order valence-electron chi connectivity index (χ2n) is 6.68. The highest BCUT2D eigenvalue weighted by Crippen LogP contribution is 2.16. The molecule has 0 bridgehead atoms. The van der Waals surface area contributed by atoms with E-state index < -0.39 is 0 Å². The number of unbranched alkanes of at least 4 members (excludes halogenated alkanes) is 4. The summed E-state index contributed by atoms with van der Waals surface area (Å²) in [6, 6.07) is 17.2. The summed E-state index contributed by atoms with van der Waals surface area (Å²) in [5, 5.41) is 0. The molecule has 0 radical (unpaired) electrons. The van der Waals surface area contributed by atoms with Crippen molar-refractivity contribution < 1.29 is 4.74 Å². The molecule has 1 heteroatoms. The van der Waals surface area contributed by atoms with Gasteiger partial charge in [-0.3, -0.25) is 0 Å². The van der Waals surface area contributed by atoms with Crippen molar-refractivity contribution in [2.45, 2.75) is 65.4 Å². The third kappa shape index (κ3) is 7.60.